The molecule has 0 aliphatic carbocycles. The van der Waals surface area contributed by atoms with Gasteiger partial charge in [-0.05, 0) is 39.8 Å². The lowest BCUT2D eigenvalue weighted by Crippen LogP contribution is -2.34. The van der Waals surface area contributed by atoms with E-state index in [-0.39, 0.29) is 12.2 Å². The number of rotatable bonds is 7. The summed E-state index contributed by atoms with van der Waals surface area (Å²) >= 11 is 0. The van der Waals surface area contributed by atoms with Crippen LogP contribution < -0.4 is 10.1 Å². The molecule has 118 valence electrons. The van der Waals surface area contributed by atoms with Crippen LogP contribution in [0.1, 0.15) is 32.3 Å². The lowest BCUT2D eigenvalue weighted by atomic mass is 10.0. The fourth-order valence-electron chi connectivity index (χ4n) is 2.83. The second-order valence-electron chi connectivity index (χ2n) is 5.71. The van der Waals surface area contributed by atoms with Crippen LogP contribution in [-0.2, 0) is 16.0 Å². The summed E-state index contributed by atoms with van der Waals surface area (Å²) in [4.78, 5) is 0. The Bertz CT molecular complexity index is 414. The number of para-hydroxylation sites is 1. The maximum Gasteiger partial charge on any atom is 0.123 e. The highest BCUT2D eigenvalue weighted by Gasteiger charge is 2.24. The molecule has 4 heteroatoms. The maximum absolute atomic E-state index is 5.92. The highest BCUT2D eigenvalue weighted by molar-refractivity contribution is 5.33. The third-order valence-electron chi connectivity index (χ3n) is 3.69. The molecule has 1 heterocycles. The van der Waals surface area contributed by atoms with Gasteiger partial charge in [0.25, 0.3) is 0 Å². The van der Waals surface area contributed by atoms with Crippen molar-refractivity contribution in [2.75, 3.05) is 20.3 Å². The fraction of sp³-hybridized carbons (Fsp3) is 0.647. The summed E-state index contributed by atoms with van der Waals surface area (Å²) < 4.78 is 17.5. The molecule has 0 aromatic heterocycles. The molecule has 0 amide bonds. The summed E-state index contributed by atoms with van der Waals surface area (Å²) in [5.41, 5.74) is 1.17. The van der Waals surface area contributed by atoms with Crippen LogP contribution in [0.5, 0.6) is 5.75 Å². The van der Waals surface area contributed by atoms with Gasteiger partial charge in [-0.15, -0.1) is 0 Å². The zero-order valence-electron chi connectivity index (χ0n) is 13.3. The first-order valence-electron chi connectivity index (χ1n) is 7.81. The monoisotopic (exact) mass is 293 g/mol. The van der Waals surface area contributed by atoms with E-state index in [2.05, 4.69) is 25.2 Å². The van der Waals surface area contributed by atoms with Crippen molar-refractivity contribution < 1.29 is 14.2 Å². The van der Waals surface area contributed by atoms with E-state index in [1.165, 1.54) is 5.56 Å². The maximum atomic E-state index is 5.92. The van der Waals surface area contributed by atoms with Crippen molar-refractivity contribution in [2.24, 2.45) is 0 Å². The van der Waals surface area contributed by atoms with E-state index in [4.69, 9.17) is 14.2 Å². The summed E-state index contributed by atoms with van der Waals surface area (Å²) in [6.07, 6.45) is 2.81. The van der Waals surface area contributed by atoms with Crippen molar-refractivity contribution in [1.82, 2.24) is 5.32 Å². The molecule has 21 heavy (non-hydrogen) atoms. The minimum Gasteiger partial charge on any atom is -0.491 e. The number of nitrogens with one attached hydrogen (secondary N) is 1. The van der Waals surface area contributed by atoms with Crippen LogP contribution in [0.25, 0.3) is 0 Å². The summed E-state index contributed by atoms with van der Waals surface area (Å²) in [7, 11) is 1.94. The van der Waals surface area contributed by atoms with E-state index in [1.54, 1.807) is 0 Å². The van der Waals surface area contributed by atoms with Gasteiger partial charge in [0.2, 0.25) is 0 Å². The normalized spacial score (nSPS) is 25.8. The Labute approximate surface area is 127 Å². The highest BCUT2D eigenvalue weighted by atomic mass is 16.5. The molecular formula is C17H27NO3. The van der Waals surface area contributed by atoms with Crippen molar-refractivity contribution in [3.63, 3.8) is 0 Å². The van der Waals surface area contributed by atoms with E-state index in [9.17, 15) is 0 Å². The van der Waals surface area contributed by atoms with Gasteiger partial charge in [0.1, 0.15) is 12.4 Å². The van der Waals surface area contributed by atoms with E-state index in [0.717, 1.165) is 25.1 Å². The summed E-state index contributed by atoms with van der Waals surface area (Å²) in [5, 5.41) is 3.15. The molecule has 2 rings (SSSR count). The van der Waals surface area contributed by atoms with E-state index in [0.29, 0.717) is 19.3 Å². The van der Waals surface area contributed by atoms with Gasteiger partial charge in [0.15, 0.2) is 0 Å². The Kier molecular flexibility index (Phi) is 6.49. The first kappa shape index (κ1) is 16.3. The van der Waals surface area contributed by atoms with Gasteiger partial charge in [-0.2, -0.15) is 0 Å². The fourth-order valence-corrected chi connectivity index (χ4v) is 2.83. The molecule has 1 fully saturated rings. The average molecular weight is 293 g/mol. The molecule has 2 unspecified atom stereocenters. The molecular weight excluding hydrogens is 266 g/mol. The van der Waals surface area contributed by atoms with Gasteiger partial charge in [-0.1, -0.05) is 18.2 Å². The van der Waals surface area contributed by atoms with Crippen LogP contribution >= 0.6 is 0 Å². The first-order valence-corrected chi connectivity index (χ1v) is 7.81. The van der Waals surface area contributed by atoms with Gasteiger partial charge in [0, 0.05) is 12.1 Å². The van der Waals surface area contributed by atoms with Crippen LogP contribution in [0.3, 0.4) is 0 Å². The van der Waals surface area contributed by atoms with Gasteiger partial charge < -0.3 is 19.5 Å². The Morgan fingerprint density at radius 1 is 1.14 bits per heavy atom. The molecule has 0 radical (unpaired) electrons. The first-order chi connectivity index (χ1) is 10.2. The van der Waals surface area contributed by atoms with Crippen molar-refractivity contribution in [3.8, 4) is 5.75 Å². The molecule has 1 aliphatic rings. The highest BCUT2D eigenvalue weighted by Crippen LogP contribution is 2.22. The predicted molar refractivity (Wildman–Crippen MR) is 83.7 cm³/mol. The smallest absolute Gasteiger partial charge is 0.123 e. The Morgan fingerprint density at radius 2 is 1.86 bits per heavy atom. The molecule has 1 N–H and O–H groups in total. The van der Waals surface area contributed by atoms with Crippen molar-refractivity contribution >= 4 is 0 Å². The van der Waals surface area contributed by atoms with Gasteiger partial charge in [-0.25, -0.2) is 0 Å². The average Bonchev–Trinajstić information content (AvgIpc) is 2.44. The van der Waals surface area contributed by atoms with Gasteiger partial charge >= 0.3 is 0 Å². The Hall–Kier alpha value is -1.10. The molecule has 0 saturated carbocycles. The summed E-state index contributed by atoms with van der Waals surface area (Å²) in [5.74, 6) is 0.934. The standard InChI is InChI=1S/C17H27NO3/c1-13-10-16(11-14(2)21-13)19-8-9-20-17-7-5-4-6-15(17)12-18-3/h4-7,13-14,16,18H,8-12H2,1-3H3. The topological polar surface area (TPSA) is 39.7 Å². The van der Waals surface area contributed by atoms with E-state index in [1.807, 2.05) is 25.2 Å². The predicted octanol–water partition coefficient (Wildman–Crippen LogP) is 2.76. The molecule has 1 aliphatic heterocycles. The summed E-state index contributed by atoms with van der Waals surface area (Å²) in [6.45, 7) is 6.23. The van der Waals surface area contributed by atoms with Gasteiger partial charge in [0.05, 0.1) is 24.9 Å². The number of hydrogen-bond acceptors (Lipinski definition) is 4. The Morgan fingerprint density at radius 3 is 2.57 bits per heavy atom. The summed E-state index contributed by atoms with van der Waals surface area (Å²) in [6, 6.07) is 8.11. The van der Waals surface area contributed by atoms with E-state index < -0.39 is 0 Å². The minimum atomic E-state index is 0.288. The van der Waals surface area contributed by atoms with Crippen LogP contribution in [0.15, 0.2) is 24.3 Å². The van der Waals surface area contributed by atoms with Crippen LogP contribution in [0.2, 0.25) is 0 Å². The largest absolute Gasteiger partial charge is 0.491 e. The lowest BCUT2D eigenvalue weighted by molar-refractivity contribution is -0.104. The second kappa shape index (κ2) is 8.37. The molecule has 0 bridgehead atoms. The molecule has 0 spiro atoms. The minimum absolute atomic E-state index is 0.288. The van der Waals surface area contributed by atoms with Crippen LogP contribution in [-0.4, -0.2) is 38.6 Å². The van der Waals surface area contributed by atoms with Crippen LogP contribution in [0, 0.1) is 0 Å². The van der Waals surface area contributed by atoms with Gasteiger partial charge in [-0.3, -0.25) is 0 Å². The zero-order chi connectivity index (χ0) is 15.1. The van der Waals surface area contributed by atoms with Crippen LogP contribution in [0.4, 0.5) is 0 Å². The van der Waals surface area contributed by atoms with Crippen molar-refractivity contribution in [1.29, 1.82) is 0 Å². The SMILES string of the molecule is CNCc1ccccc1OCCOC1CC(C)OC(C)C1. The zero-order valence-corrected chi connectivity index (χ0v) is 13.3. The Balaban J connectivity index is 1.72. The molecule has 1 aromatic rings. The lowest BCUT2D eigenvalue weighted by Gasteiger charge is -2.31. The quantitative estimate of drug-likeness (QED) is 0.785. The molecule has 1 aromatic carbocycles. The van der Waals surface area contributed by atoms with E-state index >= 15 is 0 Å². The van der Waals surface area contributed by atoms with Crippen molar-refractivity contribution in [3.05, 3.63) is 29.8 Å². The number of hydrogen-bond donors (Lipinski definition) is 1. The second-order valence-corrected chi connectivity index (χ2v) is 5.71. The molecule has 4 nitrogen and oxygen atoms in total. The number of benzene rings is 1. The number of ether oxygens (including phenoxy) is 3. The molecule has 2 atom stereocenters. The third kappa shape index (κ3) is 5.30. The molecule has 1 saturated heterocycles. The van der Waals surface area contributed by atoms with Crippen molar-refractivity contribution in [2.45, 2.75) is 51.5 Å². The third-order valence-corrected chi connectivity index (χ3v) is 3.69.